The van der Waals surface area contributed by atoms with E-state index in [0.717, 1.165) is 25.9 Å². The number of benzene rings is 1. The van der Waals surface area contributed by atoms with Crippen LogP contribution in [0, 0.1) is 11.6 Å². The van der Waals surface area contributed by atoms with Gasteiger partial charge >= 0.3 is 0 Å². The fourth-order valence-electron chi connectivity index (χ4n) is 3.98. The first-order valence-corrected chi connectivity index (χ1v) is 9.34. The van der Waals surface area contributed by atoms with Crippen molar-refractivity contribution >= 4 is 5.69 Å². The summed E-state index contributed by atoms with van der Waals surface area (Å²) in [5, 5.41) is 19.2. The first-order valence-electron chi connectivity index (χ1n) is 9.34. The van der Waals surface area contributed by atoms with E-state index >= 15 is 0 Å². The highest BCUT2D eigenvalue weighted by atomic mass is 19.1. The summed E-state index contributed by atoms with van der Waals surface area (Å²) in [7, 11) is 0. The molecule has 2 heterocycles. The highest BCUT2D eigenvalue weighted by Gasteiger charge is 2.27. The number of hydrogen-bond acceptors (Lipinski definition) is 4. The van der Waals surface area contributed by atoms with Crippen LogP contribution in [-0.4, -0.2) is 60.0 Å². The van der Waals surface area contributed by atoms with Crippen molar-refractivity contribution in [2.24, 2.45) is 0 Å². The third-order valence-corrected chi connectivity index (χ3v) is 5.52. The Morgan fingerprint density at radius 1 is 1.04 bits per heavy atom. The van der Waals surface area contributed by atoms with E-state index in [2.05, 4.69) is 0 Å². The van der Waals surface area contributed by atoms with E-state index in [4.69, 9.17) is 0 Å². The summed E-state index contributed by atoms with van der Waals surface area (Å²) in [6.07, 6.45) is 4.32. The maximum absolute atomic E-state index is 14.5. The molecule has 25 heavy (non-hydrogen) atoms. The van der Waals surface area contributed by atoms with Crippen LogP contribution in [0.5, 0.6) is 0 Å². The first-order chi connectivity index (χ1) is 12.1. The predicted molar refractivity (Wildman–Crippen MR) is 93.8 cm³/mol. The molecule has 2 N–H and O–H groups in total. The topological polar surface area (TPSA) is 46.9 Å². The van der Waals surface area contributed by atoms with Crippen molar-refractivity contribution in [1.29, 1.82) is 0 Å². The molecular weight excluding hydrogens is 326 g/mol. The lowest BCUT2D eigenvalue weighted by Crippen LogP contribution is -2.47. The lowest BCUT2D eigenvalue weighted by Gasteiger charge is -2.37. The van der Waals surface area contributed by atoms with Gasteiger partial charge in [0.15, 0.2) is 0 Å². The van der Waals surface area contributed by atoms with Gasteiger partial charge in [-0.05, 0) is 50.7 Å². The lowest BCUT2D eigenvalue weighted by atomic mass is 9.99. The normalized spacial score (nSPS) is 25.4. The van der Waals surface area contributed by atoms with Gasteiger partial charge in [-0.15, -0.1) is 0 Å². The van der Waals surface area contributed by atoms with Gasteiger partial charge in [-0.3, -0.25) is 4.90 Å². The van der Waals surface area contributed by atoms with Gasteiger partial charge < -0.3 is 15.1 Å². The molecule has 0 aliphatic carbocycles. The molecule has 6 heteroatoms. The minimum absolute atomic E-state index is 0.0457. The number of likely N-dealkylation sites (tertiary alicyclic amines) is 1. The number of halogens is 2. The second-order valence-electron chi connectivity index (χ2n) is 7.24. The summed E-state index contributed by atoms with van der Waals surface area (Å²) in [6.45, 7) is 2.78. The third kappa shape index (κ3) is 4.49. The second-order valence-corrected chi connectivity index (χ2v) is 7.24. The van der Waals surface area contributed by atoms with Gasteiger partial charge in [0.25, 0.3) is 0 Å². The number of anilines is 1. The molecule has 0 aromatic heterocycles. The molecule has 2 aliphatic heterocycles. The van der Waals surface area contributed by atoms with Gasteiger partial charge in [0, 0.05) is 43.5 Å². The van der Waals surface area contributed by atoms with E-state index in [-0.39, 0.29) is 24.6 Å². The van der Waals surface area contributed by atoms with Crippen molar-refractivity contribution in [3.63, 3.8) is 0 Å². The molecule has 0 spiro atoms. The molecule has 2 saturated heterocycles. The Kier molecular flexibility index (Phi) is 6.25. The highest BCUT2D eigenvalue weighted by molar-refractivity contribution is 5.49. The summed E-state index contributed by atoms with van der Waals surface area (Å²) in [6, 6.07) is 2.77. The van der Waals surface area contributed by atoms with Crippen molar-refractivity contribution in [1.82, 2.24) is 4.90 Å². The van der Waals surface area contributed by atoms with E-state index in [9.17, 15) is 19.0 Å². The SMILES string of the molecule is OCC1CC(O)CCN1CCc1c(F)cc(N2CCCCC2)cc1F. The molecule has 1 aromatic rings. The van der Waals surface area contributed by atoms with E-state index < -0.39 is 17.7 Å². The molecule has 0 radical (unpaired) electrons. The Bertz CT molecular complexity index is 556. The average molecular weight is 354 g/mol. The van der Waals surface area contributed by atoms with Gasteiger partial charge in [-0.2, -0.15) is 0 Å². The Balaban J connectivity index is 1.66. The summed E-state index contributed by atoms with van der Waals surface area (Å²) in [4.78, 5) is 4.07. The zero-order valence-electron chi connectivity index (χ0n) is 14.6. The van der Waals surface area contributed by atoms with Crippen LogP contribution in [0.15, 0.2) is 12.1 Å². The van der Waals surface area contributed by atoms with Crippen LogP contribution < -0.4 is 4.90 Å². The Morgan fingerprint density at radius 3 is 2.36 bits per heavy atom. The standard InChI is InChI=1S/C19H28F2N2O2/c20-18-11-14(22-6-2-1-3-7-22)12-19(21)17(18)5-9-23-8-4-16(25)10-15(23)13-24/h11-12,15-16,24-25H,1-10,13H2. The van der Waals surface area contributed by atoms with Crippen molar-refractivity contribution in [3.8, 4) is 0 Å². The quantitative estimate of drug-likeness (QED) is 0.852. The minimum atomic E-state index is -0.488. The van der Waals surface area contributed by atoms with Gasteiger partial charge in [0.2, 0.25) is 0 Å². The third-order valence-electron chi connectivity index (χ3n) is 5.52. The highest BCUT2D eigenvalue weighted by Crippen LogP contribution is 2.26. The second kappa shape index (κ2) is 8.43. The molecule has 3 rings (SSSR count). The van der Waals surface area contributed by atoms with Crippen LogP contribution in [0.2, 0.25) is 0 Å². The monoisotopic (exact) mass is 354 g/mol. The van der Waals surface area contributed by atoms with Crippen LogP contribution in [0.1, 0.15) is 37.7 Å². The van der Waals surface area contributed by atoms with E-state index in [0.29, 0.717) is 31.6 Å². The number of piperidine rings is 2. The van der Waals surface area contributed by atoms with Gasteiger partial charge in [0.1, 0.15) is 11.6 Å². The number of aliphatic hydroxyl groups excluding tert-OH is 2. The molecule has 1 aromatic carbocycles. The van der Waals surface area contributed by atoms with E-state index in [1.807, 2.05) is 9.80 Å². The zero-order chi connectivity index (χ0) is 17.8. The molecule has 140 valence electrons. The van der Waals surface area contributed by atoms with Crippen LogP contribution in [0.4, 0.5) is 14.5 Å². The fourth-order valence-corrected chi connectivity index (χ4v) is 3.98. The Labute approximate surface area is 148 Å². The molecular formula is C19H28F2N2O2. The van der Waals surface area contributed by atoms with Crippen molar-refractivity contribution < 1.29 is 19.0 Å². The zero-order valence-corrected chi connectivity index (χ0v) is 14.6. The molecule has 2 aliphatic rings. The van der Waals surface area contributed by atoms with Crippen LogP contribution in [0.3, 0.4) is 0 Å². The van der Waals surface area contributed by atoms with Crippen LogP contribution >= 0.6 is 0 Å². The van der Waals surface area contributed by atoms with Crippen molar-refractivity contribution in [3.05, 3.63) is 29.3 Å². The Hall–Kier alpha value is -1.24. The minimum Gasteiger partial charge on any atom is -0.395 e. The Morgan fingerprint density at radius 2 is 1.72 bits per heavy atom. The summed E-state index contributed by atoms with van der Waals surface area (Å²) in [5.41, 5.74) is 0.747. The molecule has 2 atom stereocenters. The largest absolute Gasteiger partial charge is 0.395 e. The predicted octanol–water partition coefficient (Wildman–Crippen LogP) is 2.32. The molecule has 4 nitrogen and oxygen atoms in total. The first kappa shape index (κ1) is 18.5. The van der Waals surface area contributed by atoms with Crippen molar-refractivity contribution in [2.75, 3.05) is 37.7 Å². The van der Waals surface area contributed by atoms with E-state index in [1.165, 1.54) is 18.6 Å². The maximum atomic E-state index is 14.5. The number of nitrogens with zero attached hydrogens (tertiary/aromatic N) is 2. The van der Waals surface area contributed by atoms with Gasteiger partial charge in [-0.25, -0.2) is 8.78 Å². The smallest absolute Gasteiger partial charge is 0.131 e. The number of aliphatic hydroxyl groups is 2. The van der Waals surface area contributed by atoms with Gasteiger partial charge in [-0.1, -0.05) is 0 Å². The molecule has 0 bridgehead atoms. The molecule has 0 amide bonds. The summed E-state index contributed by atoms with van der Waals surface area (Å²) in [5.74, 6) is -0.976. The average Bonchev–Trinajstić information content (AvgIpc) is 2.62. The molecule has 2 fully saturated rings. The molecule has 0 saturated carbocycles. The fraction of sp³-hybridized carbons (Fsp3) is 0.684. The van der Waals surface area contributed by atoms with Crippen LogP contribution in [-0.2, 0) is 6.42 Å². The van der Waals surface area contributed by atoms with E-state index in [1.54, 1.807) is 0 Å². The van der Waals surface area contributed by atoms with Gasteiger partial charge in [0.05, 0.1) is 12.7 Å². The maximum Gasteiger partial charge on any atom is 0.131 e. The summed E-state index contributed by atoms with van der Waals surface area (Å²) < 4.78 is 29.0. The number of rotatable bonds is 5. The van der Waals surface area contributed by atoms with Crippen LogP contribution in [0.25, 0.3) is 0 Å². The number of hydrogen-bond donors (Lipinski definition) is 2. The van der Waals surface area contributed by atoms with Crippen molar-refractivity contribution in [2.45, 2.75) is 50.7 Å². The molecule has 2 unspecified atom stereocenters. The lowest BCUT2D eigenvalue weighted by molar-refractivity contribution is 0.0175. The summed E-state index contributed by atoms with van der Waals surface area (Å²) >= 11 is 0.